The minimum Gasteiger partial charge on any atom is -0.507 e. The number of aromatic hydroxyl groups is 1. The maximum atomic E-state index is 11.5. The highest BCUT2D eigenvalue weighted by atomic mass is 32.2. The first kappa shape index (κ1) is 18.2. The lowest BCUT2D eigenvalue weighted by atomic mass is 10.2. The van der Waals surface area contributed by atoms with Gasteiger partial charge in [0.05, 0.1) is 6.61 Å². The first-order chi connectivity index (χ1) is 10.5. The predicted molar refractivity (Wildman–Crippen MR) is 86.9 cm³/mol. The van der Waals surface area contributed by atoms with Crippen LogP contribution in [0.2, 0.25) is 0 Å². The van der Waals surface area contributed by atoms with Crippen LogP contribution in [0.3, 0.4) is 0 Å². The van der Waals surface area contributed by atoms with Crippen LogP contribution in [0, 0.1) is 0 Å². The molecule has 22 heavy (non-hydrogen) atoms. The van der Waals surface area contributed by atoms with Gasteiger partial charge in [0.2, 0.25) is 0 Å². The Kier molecular flexibility index (Phi) is 8.21. The van der Waals surface area contributed by atoms with Crippen molar-refractivity contribution in [3.63, 3.8) is 0 Å². The summed E-state index contributed by atoms with van der Waals surface area (Å²) in [5, 5.41) is 20.7. The van der Waals surface area contributed by atoms with Crippen LogP contribution in [0.1, 0.15) is 36.5 Å². The van der Waals surface area contributed by atoms with E-state index in [1.807, 2.05) is 11.8 Å². The number of amides is 1. The molecule has 0 aliphatic carbocycles. The van der Waals surface area contributed by atoms with E-state index in [9.17, 15) is 14.7 Å². The fraction of sp³-hybridized carbons (Fsp3) is 0.467. The second-order valence-electron chi connectivity index (χ2n) is 4.62. The molecule has 1 aromatic carbocycles. The van der Waals surface area contributed by atoms with Gasteiger partial charge in [0.1, 0.15) is 11.3 Å². The van der Waals surface area contributed by atoms with Gasteiger partial charge in [-0.15, -0.1) is 0 Å². The van der Waals surface area contributed by atoms with Crippen LogP contribution >= 0.6 is 11.8 Å². The number of aromatic carboxylic acids is 1. The highest BCUT2D eigenvalue weighted by Gasteiger charge is 2.11. The Morgan fingerprint density at radius 1 is 1.27 bits per heavy atom. The van der Waals surface area contributed by atoms with Crippen LogP contribution in [0.15, 0.2) is 18.2 Å². The molecule has 0 saturated carbocycles. The predicted octanol–water partition coefficient (Wildman–Crippen LogP) is 3.56. The van der Waals surface area contributed by atoms with Gasteiger partial charge in [-0.1, -0.05) is 13.3 Å². The summed E-state index contributed by atoms with van der Waals surface area (Å²) >= 11 is 1.84. The molecule has 0 atom stereocenters. The molecule has 1 amide bonds. The molecule has 0 aliphatic rings. The van der Waals surface area contributed by atoms with Crippen molar-refractivity contribution < 1.29 is 24.5 Å². The monoisotopic (exact) mass is 327 g/mol. The first-order valence-corrected chi connectivity index (χ1v) is 8.28. The van der Waals surface area contributed by atoms with Gasteiger partial charge in [-0.05, 0) is 36.5 Å². The van der Waals surface area contributed by atoms with E-state index in [0.29, 0.717) is 6.61 Å². The van der Waals surface area contributed by atoms with E-state index < -0.39 is 17.8 Å². The summed E-state index contributed by atoms with van der Waals surface area (Å²) in [6.45, 7) is 2.47. The third kappa shape index (κ3) is 6.71. The SMILES string of the molecule is CCCCSCCCOC(=O)Nc1ccc(C(=O)O)c(O)c1. The van der Waals surface area contributed by atoms with Crippen molar-refractivity contribution in [2.24, 2.45) is 0 Å². The summed E-state index contributed by atoms with van der Waals surface area (Å²) in [6, 6.07) is 3.79. The average Bonchev–Trinajstić information content (AvgIpc) is 2.46. The summed E-state index contributed by atoms with van der Waals surface area (Å²) in [7, 11) is 0. The standard InChI is InChI=1S/C15H21NO5S/c1-2-3-8-22-9-4-7-21-15(20)16-11-5-6-12(14(18)19)13(17)10-11/h5-6,10,17H,2-4,7-9H2,1H3,(H,16,20)(H,18,19). The van der Waals surface area contributed by atoms with Crippen molar-refractivity contribution in [3.8, 4) is 5.75 Å². The number of nitrogens with one attached hydrogen (secondary N) is 1. The highest BCUT2D eigenvalue weighted by molar-refractivity contribution is 7.99. The number of benzene rings is 1. The summed E-state index contributed by atoms with van der Waals surface area (Å²) in [6.07, 6.45) is 2.53. The smallest absolute Gasteiger partial charge is 0.411 e. The number of thioether (sulfide) groups is 1. The van der Waals surface area contributed by atoms with Gasteiger partial charge in [0.15, 0.2) is 0 Å². The van der Waals surface area contributed by atoms with Crippen molar-refractivity contribution in [3.05, 3.63) is 23.8 Å². The normalized spacial score (nSPS) is 10.2. The van der Waals surface area contributed by atoms with Gasteiger partial charge < -0.3 is 14.9 Å². The molecular weight excluding hydrogens is 306 g/mol. The molecule has 0 fully saturated rings. The molecule has 0 heterocycles. The van der Waals surface area contributed by atoms with Gasteiger partial charge in [-0.25, -0.2) is 9.59 Å². The number of carboxylic acids is 1. The average molecular weight is 327 g/mol. The molecule has 0 saturated heterocycles. The van der Waals surface area contributed by atoms with E-state index >= 15 is 0 Å². The molecule has 0 aromatic heterocycles. The molecule has 1 rings (SSSR count). The quantitative estimate of drug-likeness (QED) is 0.600. The number of ether oxygens (including phenoxy) is 1. The third-order valence-electron chi connectivity index (χ3n) is 2.78. The Labute approximate surface area is 133 Å². The Morgan fingerprint density at radius 2 is 2.00 bits per heavy atom. The topological polar surface area (TPSA) is 95.9 Å². The molecule has 0 unspecified atom stereocenters. The highest BCUT2D eigenvalue weighted by Crippen LogP contribution is 2.22. The summed E-state index contributed by atoms with van der Waals surface area (Å²) < 4.78 is 5.01. The van der Waals surface area contributed by atoms with Crippen LogP contribution in [-0.4, -0.2) is 40.4 Å². The molecule has 0 aliphatic heterocycles. The lowest BCUT2D eigenvalue weighted by Gasteiger charge is -2.08. The van der Waals surface area contributed by atoms with Crippen molar-refractivity contribution in [1.29, 1.82) is 0 Å². The van der Waals surface area contributed by atoms with Crippen LogP contribution < -0.4 is 5.32 Å². The van der Waals surface area contributed by atoms with E-state index in [-0.39, 0.29) is 11.3 Å². The van der Waals surface area contributed by atoms with Crippen molar-refractivity contribution >= 4 is 29.5 Å². The molecule has 3 N–H and O–H groups in total. The van der Waals surface area contributed by atoms with Crippen molar-refractivity contribution in [2.75, 3.05) is 23.4 Å². The zero-order valence-electron chi connectivity index (χ0n) is 12.5. The number of rotatable bonds is 9. The summed E-state index contributed by atoms with van der Waals surface area (Å²) in [5.74, 6) is 0.434. The fourth-order valence-electron chi connectivity index (χ4n) is 1.62. The van der Waals surface area contributed by atoms with Gasteiger partial charge in [-0.2, -0.15) is 11.8 Å². The number of unbranched alkanes of at least 4 members (excludes halogenated alkanes) is 1. The second-order valence-corrected chi connectivity index (χ2v) is 5.84. The molecule has 6 nitrogen and oxygen atoms in total. The van der Waals surface area contributed by atoms with E-state index in [1.165, 1.54) is 31.0 Å². The van der Waals surface area contributed by atoms with Crippen LogP contribution in [0.4, 0.5) is 10.5 Å². The number of hydrogen-bond acceptors (Lipinski definition) is 5. The van der Waals surface area contributed by atoms with Crippen LogP contribution in [0.5, 0.6) is 5.75 Å². The number of carboxylic acid groups (broad SMARTS) is 1. The molecule has 0 radical (unpaired) electrons. The van der Waals surface area contributed by atoms with Crippen molar-refractivity contribution in [1.82, 2.24) is 0 Å². The zero-order chi connectivity index (χ0) is 16.4. The van der Waals surface area contributed by atoms with E-state index in [1.54, 1.807) is 0 Å². The van der Waals surface area contributed by atoms with E-state index in [2.05, 4.69) is 12.2 Å². The molecular formula is C15H21NO5S. The Hall–Kier alpha value is -1.89. The van der Waals surface area contributed by atoms with Crippen molar-refractivity contribution in [2.45, 2.75) is 26.2 Å². The Balaban J connectivity index is 2.28. The number of hydrogen-bond donors (Lipinski definition) is 3. The molecule has 0 bridgehead atoms. The van der Waals surface area contributed by atoms with E-state index in [4.69, 9.17) is 9.84 Å². The lowest BCUT2D eigenvalue weighted by molar-refractivity contribution is 0.0693. The maximum absolute atomic E-state index is 11.5. The molecule has 0 spiro atoms. The molecule has 122 valence electrons. The minimum atomic E-state index is -1.23. The number of carbonyl (C=O) groups is 2. The van der Waals surface area contributed by atoms with Crippen LogP contribution in [0.25, 0.3) is 0 Å². The molecule has 1 aromatic rings. The van der Waals surface area contributed by atoms with Gasteiger partial charge in [-0.3, -0.25) is 5.32 Å². The third-order valence-corrected chi connectivity index (χ3v) is 3.94. The lowest BCUT2D eigenvalue weighted by Crippen LogP contribution is -2.14. The summed E-state index contributed by atoms with van der Waals surface area (Å²) in [4.78, 5) is 22.3. The van der Waals surface area contributed by atoms with Gasteiger partial charge >= 0.3 is 12.1 Å². The minimum absolute atomic E-state index is 0.219. The van der Waals surface area contributed by atoms with Gasteiger partial charge in [0.25, 0.3) is 0 Å². The maximum Gasteiger partial charge on any atom is 0.411 e. The summed E-state index contributed by atoms with van der Waals surface area (Å²) in [5.41, 5.74) is 0.0628. The van der Waals surface area contributed by atoms with Gasteiger partial charge in [0, 0.05) is 11.8 Å². The first-order valence-electron chi connectivity index (χ1n) is 7.12. The second kappa shape index (κ2) is 9.94. The number of phenols is 1. The Bertz CT molecular complexity index is 507. The fourth-order valence-corrected chi connectivity index (χ4v) is 2.64. The molecule has 7 heteroatoms. The number of carbonyl (C=O) groups excluding carboxylic acids is 1. The largest absolute Gasteiger partial charge is 0.507 e. The van der Waals surface area contributed by atoms with Crippen LogP contribution in [-0.2, 0) is 4.74 Å². The zero-order valence-corrected chi connectivity index (χ0v) is 13.3. The number of anilines is 1. The Morgan fingerprint density at radius 3 is 2.64 bits per heavy atom. The van der Waals surface area contributed by atoms with E-state index in [0.717, 1.165) is 17.9 Å².